The van der Waals surface area contributed by atoms with Crippen LogP contribution < -0.4 is 5.32 Å². The number of nitrogens with one attached hydrogen (secondary N) is 1. The van der Waals surface area contributed by atoms with Crippen LogP contribution in [0.15, 0.2) is 67.1 Å². The van der Waals surface area contributed by atoms with Crippen molar-refractivity contribution in [1.29, 1.82) is 0 Å². The standard InChI is InChI=1S/C16H16N4/c1-13(19-16-9-4-5-10-17-16)14-7-2-3-8-15(14)20-12-6-11-18-20/h2-13H,1H3,(H,17,19). The molecule has 100 valence electrons. The van der Waals surface area contributed by atoms with Crippen LogP contribution >= 0.6 is 0 Å². The Morgan fingerprint density at radius 1 is 1.00 bits per heavy atom. The van der Waals surface area contributed by atoms with E-state index in [1.54, 1.807) is 12.4 Å². The Bertz CT molecular complexity index is 662. The van der Waals surface area contributed by atoms with Gasteiger partial charge in [-0.05, 0) is 36.8 Å². The number of hydrogen-bond donors (Lipinski definition) is 1. The van der Waals surface area contributed by atoms with Crippen molar-refractivity contribution in [2.24, 2.45) is 0 Å². The van der Waals surface area contributed by atoms with Gasteiger partial charge in [-0.15, -0.1) is 0 Å². The molecule has 3 aromatic rings. The summed E-state index contributed by atoms with van der Waals surface area (Å²) < 4.78 is 1.88. The van der Waals surface area contributed by atoms with Crippen molar-refractivity contribution in [3.63, 3.8) is 0 Å². The predicted octanol–water partition coefficient (Wildman–Crippen LogP) is 3.44. The number of anilines is 1. The Kier molecular flexibility index (Phi) is 3.46. The highest BCUT2D eigenvalue weighted by atomic mass is 15.3. The average molecular weight is 264 g/mol. The summed E-state index contributed by atoms with van der Waals surface area (Å²) in [6, 6.07) is 16.2. The van der Waals surface area contributed by atoms with Gasteiger partial charge in [0.05, 0.1) is 11.7 Å². The van der Waals surface area contributed by atoms with E-state index in [1.165, 1.54) is 5.56 Å². The van der Waals surface area contributed by atoms with Crippen LogP contribution in [0.2, 0.25) is 0 Å². The summed E-state index contributed by atoms with van der Waals surface area (Å²) in [4.78, 5) is 4.30. The largest absolute Gasteiger partial charge is 0.363 e. The minimum atomic E-state index is 0.144. The highest BCUT2D eigenvalue weighted by Crippen LogP contribution is 2.23. The molecule has 0 aliphatic heterocycles. The number of nitrogens with zero attached hydrogens (tertiary/aromatic N) is 3. The molecule has 0 aliphatic rings. The molecule has 3 rings (SSSR count). The maximum Gasteiger partial charge on any atom is 0.126 e. The van der Waals surface area contributed by atoms with Crippen LogP contribution in [0.5, 0.6) is 0 Å². The smallest absolute Gasteiger partial charge is 0.126 e. The third-order valence-electron chi connectivity index (χ3n) is 3.18. The molecule has 0 aliphatic carbocycles. The molecule has 0 fully saturated rings. The fourth-order valence-electron chi connectivity index (χ4n) is 2.22. The van der Waals surface area contributed by atoms with Crippen LogP contribution in [0.25, 0.3) is 5.69 Å². The van der Waals surface area contributed by atoms with Crippen LogP contribution in [0.3, 0.4) is 0 Å². The monoisotopic (exact) mass is 264 g/mol. The molecule has 0 spiro atoms. The molecule has 4 heteroatoms. The van der Waals surface area contributed by atoms with Crippen LogP contribution in [0.4, 0.5) is 5.82 Å². The fourth-order valence-corrected chi connectivity index (χ4v) is 2.22. The van der Waals surface area contributed by atoms with Crippen LogP contribution in [0.1, 0.15) is 18.5 Å². The van der Waals surface area contributed by atoms with E-state index in [1.807, 2.05) is 47.3 Å². The highest BCUT2D eigenvalue weighted by Gasteiger charge is 2.11. The van der Waals surface area contributed by atoms with Gasteiger partial charge in [0.2, 0.25) is 0 Å². The lowest BCUT2D eigenvalue weighted by molar-refractivity contribution is 0.814. The lowest BCUT2D eigenvalue weighted by Crippen LogP contribution is -2.11. The third-order valence-corrected chi connectivity index (χ3v) is 3.18. The van der Waals surface area contributed by atoms with Crippen molar-refractivity contribution in [3.05, 3.63) is 72.7 Å². The summed E-state index contributed by atoms with van der Waals surface area (Å²) in [5.74, 6) is 0.871. The molecule has 1 N–H and O–H groups in total. The zero-order valence-corrected chi connectivity index (χ0v) is 11.3. The molecule has 2 aromatic heterocycles. The Balaban J connectivity index is 1.90. The molecular formula is C16H16N4. The SMILES string of the molecule is CC(Nc1ccccn1)c1ccccc1-n1cccn1. The molecule has 0 saturated heterocycles. The molecule has 1 aromatic carbocycles. The molecule has 1 atom stereocenters. The normalized spacial score (nSPS) is 12.1. The van der Waals surface area contributed by atoms with E-state index in [4.69, 9.17) is 0 Å². The molecule has 20 heavy (non-hydrogen) atoms. The van der Waals surface area contributed by atoms with Gasteiger partial charge in [0.25, 0.3) is 0 Å². The molecule has 0 radical (unpaired) electrons. The topological polar surface area (TPSA) is 42.7 Å². The molecule has 1 unspecified atom stereocenters. The maximum absolute atomic E-state index is 4.31. The highest BCUT2D eigenvalue weighted by molar-refractivity contribution is 5.46. The van der Waals surface area contributed by atoms with E-state index >= 15 is 0 Å². The zero-order chi connectivity index (χ0) is 13.8. The van der Waals surface area contributed by atoms with E-state index in [9.17, 15) is 0 Å². The van der Waals surface area contributed by atoms with Gasteiger partial charge in [-0.2, -0.15) is 5.10 Å². The van der Waals surface area contributed by atoms with E-state index in [0.717, 1.165) is 11.5 Å². The lowest BCUT2D eigenvalue weighted by Gasteiger charge is -2.18. The molecular weight excluding hydrogens is 248 g/mol. The fraction of sp³-hybridized carbons (Fsp3) is 0.125. The molecule has 0 saturated carbocycles. The third kappa shape index (κ3) is 2.54. The van der Waals surface area contributed by atoms with Crippen LogP contribution in [-0.4, -0.2) is 14.8 Å². The minimum Gasteiger partial charge on any atom is -0.363 e. The number of benzene rings is 1. The first-order chi connectivity index (χ1) is 9.84. The second-order valence-electron chi connectivity index (χ2n) is 4.59. The Labute approximate surface area is 118 Å². The molecule has 0 amide bonds. The van der Waals surface area contributed by atoms with Crippen molar-refractivity contribution in [1.82, 2.24) is 14.8 Å². The van der Waals surface area contributed by atoms with Crippen molar-refractivity contribution < 1.29 is 0 Å². The van der Waals surface area contributed by atoms with E-state index in [-0.39, 0.29) is 6.04 Å². The van der Waals surface area contributed by atoms with Gasteiger partial charge >= 0.3 is 0 Å². The summed E-state index contributed by atoms with van der Waals surface area (Å²) in [5, 5.41) is 7.72. The van der Waals surface area contributed by atoms with Crippen molar-refractivity contribution >= 4 is 5.82 Å². The van der Waals surface area contributed by atoms with Crippen molar-refractivity contribution in [3.8, 4) is 5.69 Å². The van der Waals surface area contributed by atoms with Gasteiger partial charge in [-0.25, -0.2) is 9.67 Å². The molecule has 4 nitrogen and oxygen atoms in total. The van der Waals surface area contributed by atoms with Gasteiger partial charge < -0.3 is 5.32 Å². The first-order valence-corrected chi connectivity index (χ1v) is 6.61. The average Bonchev–Trinajstić information content (AvgIpc) is 3.02. The van der Waals surface area contributed by atoms with Gasteiger partial charge in [0, 0.05) is 18.6 Å². The van der Waals surface area contributed by atoms with Crippen molar-refractivity contribution in [2.75, 3.05) is 5.32 Å². The van der Waals surface area contributed by atoms with E-state index in [2.05, 4.69) is 34.5 Å². The maximum atomic E-state index is 4.31. The number of rotatable bonds is 4. The summed E-state index contributed by atoms with van der Waals surface area (Å²) >= 11 is 0. The summed E-state index contributed by atoms with van der Waals surface area (Å²) in [6.07, 6.45) is 5.52. The van der Waals surface area contributed by atoms with Gasteiger partial charge in [-0.3, -0.25) is 0 Å². The zero-order valence-electron chi connectivity index (χ0n) is 11.3. The van der Waals surface area contributed by atoms with E-state index < -0.39 is 0 Å². The summed E-state index contributed by atoms with van der Waals surface area (Å²) in [6.45, 7) is 2.12. The number of hydrogen-bond acceptors (Lipinski definition) is 3. The van der Waals surface area contributed by atoms with Crippen LogP contribution in [0, 0.1) is 0 Å². The number of aromatic nitrogens is 3. The van der Waals surface area contributed by atoms with Crippen LogP contribution in [-0.2, 0) is 0 Å². The summed E-state index contributed by atoms with van der Waals surface area (Å²) in [5.41, 5.74) is 2.26. The van der Waals surface area contributed by atoms with Gasteiger partial charge in [0.15, 0.2) is 0 Å². The second-order valence-corrected chi connectivity index (χ2v) is 4.59. The Morgan fingerprint density at radius 3 is 2.60 bits per heavy atom. The molecule has 0 bridgehead atoms. The number of pyridine rings is 1. The summed E-state index contributed by atoms with van der Waals surface area (Å²) in [7, 11) is 0. The lowest BCUT2D eigenvalue weighted by atomic mass is 10.1. The number of para-hydroxylation sites is 1. The Hall–Kier alpha value is -2.62. The van der Waals surface area contributed by atoms with Gasteiger partial charge in [-0.1, -0.05) is 24.3 Å². The van der Waals surface area contributed by atoms with Gasteiger partial charge in [0.1, 0.15) is 5.82 Å². The minimum absolute atomic E-state index is 0.144. The van der Waals surface area contributed by atoms with E-state index in [0.29, 0.717) is 0 Å². The first kappa shape index (κ1) is 12.4. The van der Waals surface area contributed by atoms with Crippen molar-refractivity contribution in [2.45, 2.75) is 13.0 Å². The predicted molar refractivity (Wildman–Crippen MR) is 79.8 cm³/mol. The first-order valence-electron chi connectivity index (χ1n) is 6.61. The Morgan fingerprint density at radius 2 is 1.85 bits per heavy atom. The quantitative estimate of drug-likeness (QED) is 0.785. The second kappa shape index (κ2) is 5.57. The molecule has 2 heterocycles.